The summed E-state index contributed by atoms with van der Waals surface area (Å²) in [6.45, 7) is 6.30. The zero-order chi connectivity index (χ0) is 15.2. The highest BCUT2D eigenvalue weighted by Crippen LogP contribution is 2.30. The van der Waals surface area contributed by atoms with Crippen molar-refractivity contribution in [2.45, 2.75) is 25.5 Å². The number of ether oxygens (including phenoxy) is 1. The maximum atomic E-state index is 9.90. The summed E-state index contributed by atoms with van der Waals surface area (Å²) < 4.78 is 5.46. The Bertz CT molecular complexity index is 441. The number of rotatable bonds is 6. The summed E-state index contributed by atoms with van der Waals surface area (Å²) in [5.41, 5.74) is 6.64. The topological polar surface area (TPSA) is 62.0 Å². The van der Waals surface area contributed by atoms with Crippen LogP contribution in [0.15, 0.2) is 24.3 Å². The van der Waals surface area contributed by atoms with Crippen molar-refractivity contribution in [1.82, 2.24) is 4.90 Å². The van der Waals surface area contributed by atoms with E-state index in [1.165, 1.54) is 0 Å². The first-order valence-electron chi connectivity index (χ1n) is 7.65. The first-order chi connectivity index (χ1) is 10.2. The van der Waals surface area contributed by atoms with E-state index in [1.807, 2.05) is 18.2 Å². The second-order valence-corrected chi connectivity index (χ2v) is 5.71. The fraction of sp³-hybridized carbons (Fsp3) is 0.625. The second-order valence-electron chi connectivity index (χ2n) is 5.71. The molecule has 0 aromatic heterocycles. The van der Waals surface area contributed by atoms with E-state index < -0.39 is 0 Å². The molecule has 1 fully saturated rings. The van der Waals surface area contributed by atoms with Gasteiger partial charge in [-0.3, -0.25) is 4.90 Å². The summed E-state index contributed by atoms with van der Waals surface area (Å²) in [5, 5.41) is 9.90. The molecule has 1 saturated heterocycles. The number of aliphatic hydroxyl groups is 1. The maximum Gasteiger partial charge on any atom is 0.142 e. The summed E-state index contributed by atoms with van der Waals surface area (Å²) in [4.78, 5) is 4.70. The highest BCUT2D eigenvalue weighted by Gasteiger charge is 2.26. The third-order valence-electron chi connectivity index (χ3n) is 4.08. The van der Waals surface area contributed by atoms with Crippen molar-refractivity contribution >= 4 is 5.69 Å². The number of para-hydroxylation sites is 2. The molecule has 1 aliphatic rings. The van der Waals surface area contributed by atoms with E-state index in [-0.39, 0.29) is 6.10 Å². The quantitative estimate of drug-likeness (QED) is 0.816. The van der Waals surface area contributed by atoms with Crippen molar-refractivity contribution in [3.63, 3.8) is 0 Å². The lowest BCUT2D eigenvalue weighted by Gasteiger charge is -2.42. The summed E-state index contributed by atoms with van der Waals surface area (Å²) in [6.07, 6.45) is 0.348. The lowest BCUT2D eigenvalue weighted by atomic mass is 10.1. The molecule has 0 amide bonds. The van der Waals surface area contributed by atoms with Crippen molar-refractivity contribution < 1.29 is 9.84 Å². The fourth-order valence-electron chi connectivity index (χ4n) is 3.01. The van der Waals surface area contributed by atoms with Gasteiger partial charge in [0.25, 0.3) is 0 Å². The summed E-state index contributed by atoms with van der Waals surface area (Å²) >= 11 is 0. The summed E-state index contributed by atoms with van der Waals surface area (Å²) in [6, 6.07) is 8.53. The molecule has 1 aromatic rings. The number of β-amino-alcohol motifs (C(OH)–C–C–N with tert-alkyl or cyclic N) is 1. The van der Waals surface area contributed by atoms with Crippen molar-refractivity contribution in [1.29, 1.82) is 0 Å². The number of aliphatic hydroxyl groups excluding tert-OH is 1. The number of hydrogen-bond acceptors (Lipinski definition) is 5. The Morgan fingerprint density at radius 3 is 2.81 bits per heavy atom. The smallest absolute Gasteiger partial charge is 0.142 e. The van der Waals surface area contributed by atoms with Crippen molar-refractivity contribution in [3.8, 4) is 5.75 Å². The first-order valence-corrected chi connectivity index (χ1v) is 7.65. The van der Waals surface area contributed by atoms with E-state index in [2.05, 4.69) is 22.8 Å². The predicted octanol–water partition coefficient (Wildman–Crippen LogP) is 0.915. The molecule has 2 rings (SSSR count). The zero-order valence-electron chi connectivity index (χ0n) is 13.0. The normalized spacial score (nSPS) is 21.3. The molecule has 1 aromatic carbocycles. The highest BCUT2D eigenvalue weighted by molar-refractivity contribution is 5.59. The van der Waals surface area contributed by atoms with E-state index in [0.29, 0.717) is 25.6 Å². The van der Waals surface area contributed by atoms with Crippen LogP contribution in [0, 0.1) is 0 Å². The van der Waals surface area contributed by atoms with Gasteiger partial charge in [0.15, 0.2) is 0 Å². The molecule has 21 heavy (non-hydrogen) atoms. The molecule has 5 nitrogen and oxygen atoms in total. The first kappa shape index (κ1) is 16.1. The van der Waals surface area contributed by atoms with Crippen molar-refractivity contribution in [2.24, 2.45) is 5.73 Å². The minimum absolute atomic E-state index is 0.319. The van der Waals surface area contributed by atoms with Crippen LogP contribution in [0.2, 0.25) is 0 Å². The van der Waals surface area contributed by atoms with Crippen LogP contribution in [0.4, 0.5) is 5.69 Å². The fourth-order valence-corrected chi connectivity index (χ4v) is 3.01. The van der Waals surface area contributed by atoms with Crippen LogP contribution in [0.5, 0.6) is 5.75 Å². The lowest BCUT2D eigenvalue weighted by molar-refractivity contribution is 0.0972. The Morgan fingerprint density at radius 1 is 1.38 bits per heavy atom. The van der Waals surface area contributed by atoms with Crippen LogP contribution in [0.3, 0.4) is 0 Å². The van der Waals surface area contributed by atoms with Gasteiger partial charge in [0.1, 0.15) is 5.75 Å². The molecule has 1 unspecified atom stereocenters. The molecule has 3 N–H and O–H groups in total. The molecule has 0 saturated carbocycles. The SMILES string of the molecule is COc1ccccc1N1CCN(C[C@H](O)CCN)CC1C. The molecule has 2 atom stereocenters. The monoisotopic (exact) mass is 293 g/mol. The third kappa shape index (κ3) is 4.09. The number of nitrogens with zero attached hydrogens (tertiary/aromatic N) is 2. The van der Waals surface area contributed by atoms with Crippen LogP contribution >= 0.6 is 0 Å². The molecule has 0 aliphatic carbocycles. The Morgan fingerprint density at radius 2 is 2.14 bits per heavy atom. The van der Waals surface area contributed by atoms with Gasteiger partial charge in [0, 0.05) is 32.2 Å². The molecule has 1 heterocycles. The molecular formula is C16H27N3O2. The summed E-state index contributed by atoms with van der Waals surface area (Å²) in [7, 11) is 1.71. The van der Waals surface area contributed by atoms with Gasteiger partial charge >= 0.3 is 0 Å². The molecule has 0 bridgehead atoms. The van der Waals surface area contributed by atoms with E-state index in [1.54, 1.807) is 7.11 Å². The van der Waals surface area contributed by atoms with Crippen LogP contribution in [0.1, 0.15) is 13.3 Å². The number of methoxy groups -OCH3 is 1. The Balaban J connectivity index is 1.98. The zero-order valence-corrected chi connectivity index (χ0v) is 13.0. The van der Waals surface area contributed by atoms with Crippen molar-refractivity contribution in [3.05, 3.63) is 24.3 Å². The summed E-state index contributed by atoms with van der Waals surface area (Å²) in [5.74, 6) is 0.918. The van der Waals surface area contributed by atoms with Crippen LogP contribution in [-0.4, -0.2) is 62.0 Å². The van der Waals surface area contributed by atoms with Crippen molar-refractivity contribution in [2.75, 3.05) is 44.7 Å². The number of piperazine rings is 1. The third-order valence-corrected chi connectivity index (χ3v) is 4.08. The largest absolute Gasteiger partial charge is 0.495 e. The molecule has 1 aliphatic heterocycles. The average Bonchev–Trinajstić information content (AvgIpc) is 2.47. The second kappa shape index (κ2) is 7.64. The maximum absolute atomic E-state index is 9.90. The van der Waals surface area contributed by atoms with E-state index in [4.69, 9.17) is 10.5 Å². The van der Waals surface area contributed by atoms with Gasteiger partial charge in [0.2, 0.25) is 0 Å². The Hall–Kier alpha value is -1.30. The molecule has 118 valence electrons. The van der Waals surface area contributed by atoms with Gasteiger partial charge in [-0.15, -0.1) is 0 Å². The molecule has 0 spiro atoms. The molecule has 5 heteroatoms. The van der Waals surface area contributed by atoms with E-state index >= 15 is 0 Å². The predicted molar refractivity (Wildman–Crippen MR) is 85.9 cm³/mol. The van der Waals surface area contributed by atoms with Gasteiger partial charge in [-0.2, -0.15) is 0 Å². The molecule has 0 radical (unpaired) electrons. The number of anilines is 1. The Labute approximate surface area is 127 Å². The lowest BCUT2D eigenvalue weighted by Crippen LogP contribution is -2.53. The van der Waals surface area contributed by atoms with Gasteiger partial charge in [0.05, 0.1) is 18.9 Å². The van der Waals surface area contributed by atoms with E-state index in [9.17, 15) is 5.11 Å². The minimum atomic E-state index is -0.319. The highest BCUT2D eigenvalue weighted by atomic mass is 16.5. The van der Waals surface area contributed by atoms with Gasteiger partial charge < -0.3 is 20.5 Å². The Kier molecular flexibility index (Phi) is 5.85. The standard InChI is InChI=1S/C16H27N3O2/c1-13-11-18(12-14(20)7-8-17)9-10-19(13)15-5-3-4-6-16(15)21-2/h3-6,13-14,20H,7-12,17H2,1-2H3/t13?,14-/m1/s1. The van der Waals surface area contributed by atoms with Gasteiger partial charge in [-0.1, -0.05) is 12.1 Å². The number of nitrogens with two attached hydrogens (primary N) is 1. The van der Waals surface area contributed by atoms with Crippen LogP contribution < -0.4 is 15.4 Å². The number of benzene rings is 1. The van der Waals surface area contributed by atoms with Crippen LogP contribution in [-0.2, 0) is 0 Å². The van der Waals surface area contributed by atoms with Gasteiger partial charge in [-0.05, 0) is 32.0 Å². The van der Waals surface area contributed by atoms with E-state index in [0.717, 1.165) is 31.1 Å². The number of hydrogen-bond donors (Lipinski definition) is 2. The van der Waals surface area contributed by atoms with Gasteiger partial charge in [-0.25, -0.2) is 0 Å². The molecular weight excluding hydrogens is 266 g/mol. The average molecular weight is 293 g/mol. The minimum Gasteiger partial charge on any atom is -0.495 e. The van der Waals surface area contributed by atoms with Crippen LogP contribution in [0.25, 0.3) is 0 Å².